The fourth-order valence-electron chi connectivity index (χ4n) is 1.44. The Morgan fingerprint density at radius 2 is 2.46 bits per heavy atom. The van der Waals surface area contributed by atoms with Gasteiger partial charge in [0.2, 0.25) is 5.91 Å². The van der Waals surface area contributed by atoms with E-state index in [0.29, 0.717) is 5.92 Å². The van der Waals surface area contributed by atoms with Gasteiger partial charge in [-0.05, 0) is 18.9 Å². The summed E-state index contributed by atoms with van der Waals surface area (Å²) >= 11 is 0. The third kappa shape index (κ3) is 3.35. The van der Waals surface area contributed by atoms with E-state index in [4.69, 9.17) is 0 Å². The Morgan fingerprint density at radius 1 is 1.69 bits per heavy atom. The van der Waals surface area contributed by atoms with Crippen molar-refractivity contribution < 1.29 is 4.79 Å². The van der Waals surface area contributed by atoms with Crippen molar-refractivity contribution in [3.05, 3.63) is 0 Å². The lowest BCUT2D eigenvalue weighted by molar-refractivity contribution is -0.124. The maximum Gasteiger partial charge on any atom is 0.224 e. The fourth-order valence-corrected chi connectivity index (χ4v) is 1.44. The molecule has 2 atom stereocenters. The maximum absolute atomic E-state index is 11.5. The van der Waals surface area contributed by atoms with Crippen LogP contribution < -0.4 is 10.6 Å². The van der Waals surface area contributed by atoms with Gasteiger partial charge in [-0.2, -0.15) is 0 Å². The van der Waals surface area contributed by atoms with Gasteiger partial charge in [-0.3, -0.25) is 4.79 Å². The van der Waals surface area contributed by atoms with Crippen LogP contribution in [0.25, 0.3) is 0 Å². The van der Waals surface area contributed by atoms with Gasteiger partial charge in [0.1, 0.15) is 0 Å². The van der Waals surface area contributed by atoms with Crippen molar-refractivity contribution in [1.29, 1.82) is 0 Å². The molecule has 13 heavy (non-hydrogen) atoms. The van der Waals surface area contributed by atoms with Crippen molar-refractivity contribution in [2.75, 3.05) is 19.6 Å². The van der Waals surface area contributed by atoms with Gasteiger partial charge in [0.25, 0.3) is 0 Å². The van der Waals surface area contributed by atoms with Crippen LogP contribution in [0.15, 0.2) is 0 Å². The molecule has 0 aromatic carbocycles. The van der Waals surface area contributed by atoms with E-state index >= 15 is 0 Å². The molecule has 2 N–H and O–H groups in total. The number of rotatable bonds is 4. The SMILES string of the molecule is CCC(C)CNC(=O)C1CCNC1. The highest BCUT2D eigenvalue weighted by Crippen LogP contribution is 2.07. The number of hydrogen-bond acceptors (Lipinski definition) is 2. The molecule has 1 fully saturated rings. The summed E-state index contributed by atoms with van der Waals surface area (Å²) in [5.41, 5.74) is 0. The molecule has 1 aliphatic heterocycles. The zero-order chi connectivity index (χ0) is 9.68. The standard InChI is InChI=1S/C10H20N2O/c1-3-8(2)6-12-10(13)9-4-5-11-7-9/h8-9,11H,3-7H2,1-2H3,(H,12,13). The van der Waals surface area contributed by atoms with Gasteiger partial charge in [0, 0.05) is 13.1 Å². The Labute approximate surface area is 80.3 Å². The van der Waals surface area contributed by atoms with Gasteiger partial charge in [-0.1, -0.05) is 20.3 Å². The third-order valence-corrected chi connectivity index (χ3v) is 2.75. The molecule has 76 valence electrons. The van der Waals surface area contributed by atoms with Crippen LogP contribution in [-0.4, -0.2) is 25.5 Å². The van der Waals surface area contributed by atoms with Crippen LogP contribution in [0.4, 0.5) is 0 Å². The van der Waals surface area contributed by atoms with Crippen molar-refractivity contribution in [2.45, 2.75) is 26.7 Å². The minimum absolute atomic E-state index is 0.212. The van der Waals surface area contributed by atoms with Crippen LogP contribution in [0.3, 0.4) is 0 Å². The highest BCUT2D eigenvalue weighted by atomic mass is 16.1. The first-order valence-corrected chi connectivity index (χ1v) is 5.22. The van der Waals surface area contributed by atoms with Crippen molar-refractivity contribution in [3.8, 4) is 0 Å². The summed E-state index contributed by atoms with van der Waals surface area (Å²) in [6.45, 7) is 6.97. The van der Waals surface area contributed by atoms with Crippen molar-refractivity contribution >= 4 is 5.91 Å². The first kappa shape index (κ1) is 10.5. The molecule has 0 saturated carbocycles. The van der Waals surface area contributed by atoms with E-state index in [0.717, 1.165) is 32.5 Å². The highest BCUT2D eigenvalue weighted by Gasteiger charge is 2.21. The molecular formula is C10H20N2O. The van der Waals surface area contributed by atoms with E-state index in [9.17, 15) is 4.79 Å². The van der Waals surface area contributed by atoms with Crippen LogP contribution in [0.5, 0.6) is 0 Å². The summed E-state index contributed by atoms with van der Waals surface area (Å²) in [7, 11) is 0. The van der Waals surface area contributed by atoms with E-state index in [2.05, 4.69) is 24.5 Å². The number of hydrogen-bond donors (Lipinski definition) is 2. The predicted octanol–water partition coefficient (Wildman–Crippen LogP) is 0.758. The smallest absolute Gasteiger partial charge is 0.224 e. The molecule has 0 aromatic rings. The molecule has 1 amide bonds. The van der Waals surface area contributed by atoms with Crippen molar-refractivity contribution in [2.24, 2.45) is 11.8 Å². The van der Waals surface area contributed by atoms with Crippen LogP contribution in [0, 0.1) is 11.8 Å². The van der Waals surface area contributed by atoms with Crippen molar-refractivity contribution in [1.82, 2.24) is 10.6 Å². The third-order valence-electron chi connectivity index (χ3n) is 2.75. The monoisotopic (exact) mass is 184 g/mol. The minimum Gasteiger partial charge on any atom is -0.356 e. The van der Waals surface area contributed by atoms with Crippen LogP contribution in [-0.2, 0) is 4.79 Å². The number of amides is 1. The molecule has 0 spiro atoms. The minimum atomic E-state index is 0.212. The van der Waals surface area contributed by atoms with Gasteiger partial charge < -0.3 is 10.6 Å². The van der Waals surface area contributed by atoms with Crippen LogP contribution >= 0.6 is 0 Å². The molecule has 3 nitrogen and oxygen atoms in total. The van der Waals surface area contributed by atoms with Gasteiger partial charge >= 0.3 is 0 Å². The van der Waals surface area contributed by atoms with E-state index in [1.165, 1.54) is 0 Å². The lowest BCUT2D eigenvalue weighted by Crippen LogP contribution is -2.34. The zero-order valence-electron chi connectivity index (χ0n) is 8.60. The maximum atomic E-state index is 11.5. The van der Waals surface area contributed by atoms with Crippen LogP contribution in [0.2, 0.25) is 0 Å². The Kier molecular flexibility index (Phi) is 4.22. The first-order valence-electron chi connectivity index (χ1n) is 5.22. The summed E-state index contributed by atoms with van der Waals surface area (Å²) in [5, 5.41) is 6.19. The van der Waals surface area contributed by atoms with Gasteiger partial charge in [0.15, 0.2) is 0 Å². The lowest BCUT2D eigenvalue weighted by Gasteiger charge is -2.12. The molecule has 1 heterocycles. The second kappa shape index (κ2) is 5.22. The Balaban J connectivity index is 2.16. The molecule has 0 aromatic heterocycles. The predicted molar refractivity (Wildman–Crippen MR) is 53.4 cm³/mol. The molecule has 0 bridgehead atoms. The zero-order valence-corrected chi connectivity index (χ0v) is 8.60. The number of carbonyl (C=O) groups excluding carboxylic acids is 1. The first-order chi connectivity index (χ1) is 6.24. The number of nitrogens with one attached hydrogen (secondary N) is 2. The topological polar surface area (TPSA) is 41.1 Å². The summed E-state index contributed by atoms with van der Waals surface area (Å²) < 4.78 is 0. The normalized spacial score (nSPS) is 24.3. The summed E-state index contributed by atoms with van der Waals surface area (Å²) in [6.07, 6.45) is 2.12. The van der Waals surface area contributed by atoms with E-state index in [-0.39, 0.29) is 11.8 Å². The molecule has 3 heteroatoms. The summed E-state index contributed by atoms with van der Waals surface area (Å²) in [6, 6.07) is 0. The Hall–Kier alpha value is -0.570. The van der Waals surface area contributed by atoms with Crippen molar-refractivity contribution in [3.63, 3.8) is 0 Å². The van der Waals surface area contributed by atoms with Gasteiger partial charge in [-0.15, -0.1) is 0 Å². The second-order valence-corrected chi connectivity index (χ2v) is 3.95. The molecule has 1 rings (SSSR count). The van der Waals surface area contributed by atoms with Gasteiger partial charge in [-0.25, -0.2) is 0 Å². The van der Waals surface area contributed by atoms with E-state index in [1.54, 1.807) is 0 Å². The highest BCUT2D eigenvalue weighted by molar-refractivity contribution is 5.79. The molecule has 0 aliphatic carbocycles. The molecular weight excluding hydrogens is 164 g/mol. The number of carbonyl (C=O) groups is 1. The Bertz CT molecular complexity index is 164. The Morgan fingerprint density at radius 3 is 3.00 bits per heavy atom. The average Bonchev–Trinajstić information content (AvgIpc) is 2.66. The quantitative estimate of drug-likeness (QED) is 0.677. The lowest BCUT2D eigenvalue weighted by atomic mass is 10.1. The van der Waals surface area contributed by atoms with E-state index in [1.807, 2.05) is 0 Å². The second-order valence-electron chi connectivity index (χ2n) is 3.95. The summed E-state index contributed by atoms with van der Waals surface area (Å²) in [4.78, 5) is 11.5. The fraction of sp³-hybridized carbons (Fsp3) is 0.900. The molecule has 2 unspecified atom stereocenters. The molecule has 0 radical (unpaired) electrons. The van der Waals surface area contributed by atoms with E-state index < -0.39 is 0 Å². The molecule has 1 aliphatic rings. The molecule has 1 saturated heterocycles. The largest absolute Gasteiger partial charge is 0.356 e. The van der Waals surface area contributed by atoms with Crippen LogP contribution in [0.1, 0.15) is 26.7 Å². The van der Waals surface area contributed by atoms with Gasteiger partial charge in [0.05, 0.1) is 5.92 Å². The summed E-state index contributed by atoms with van der Waals surface area (Å²) in [5.74, 6) is 1.03. The average molecular weight is 184 g/mol.